The Balaban J connectivity index is 1.76. The molecule has 2 aromatic carbocycles. The number of methoxy groups -OCH3 is 2. The molecule has 0 bridgehead atoms. The van der Waals surface area contributed by atoms with Crippen molar-refractivity contribution < 1.29 is 19.2 Å². The Morgan fingerprint density at radius 3 is 2.76 bits per heavy atom. The number of nitrogens with zero attached hydrogens (tertiary/aromatic N) is 2. The van der Waals surface area contributed by atoms with Gasteiger partial charge in [-0.25, -0.2) is 0 Å². The number of nitro benzene ring substituents is 1. The summed E-state index contributed by atoms with van der Waals surface area (Å²) in [7, 11) is 3.19. The summed E-state index contributed by atoms with van der Waals surface area (Å²) in [6.45, 7) is 0.842. The largest absolute Gasteiger partial charge is 0.497 e. The van der Waals surface area contributed by atoms with E-state index in [4.69, 9.17) is 21.1 Å². The van der Waals surface area contributed by atoms with Crippen molar-refractivity contribution in [1.29, 1.82) is 0 Å². The predicted octanol–water partition coefficient (Wildman–Crippen LogP) is 4.04. The van der Waals surface area contributed by atoms with Crippen molar-refractivity contribution in [3.05, 3.63) is 57.1 Å². The van der Waals surface area contributed by atoms with Crippen molar-refractivity contribution in [2.45, 2.75) is 18.9 Å². The molecule has 1 atom stereocenters. The molecule has 1 N–H and O–H groups in total. The molecule has 1 aliphatic heterocycles. The molecule has 1 fully saturated rings. The van der Waals surface area contributed by atoms with Crippen molar-refractivity contribution in [3.63, 3.8) is 0 Å². The molecule has 1 heterocycles. The molecule has 0 unspecified atom stereocenters. The molecular formula is C20H22ClN3O5. The lowest BCUT2D eigenvalue weighted by Gasteiger charge is -2.25. The van der Waals surface area contributed by atoms with Crippen LogP contribution in [0.15, 0.2) is 36.4 Å². The standard InChI is InChI=1S/C20H22ClN3O5/c1-28-14-6-7-15(19(11-14)29-2)17-4-3-9-23(17)12-20(25)22-16-10-13(21)5-8-18(16)24(26)27/h5-8,10-11,17H,3-4,9,12H2,1-2H3,(H,22,25)/t17-/m0/s1. The first-order chi connectivity index (χ1) is 13.9. The number of hydrogen-bond acceptors (Lipinski definition) is 6. The van der Waals surface area contributed by atoms with Crippen LogP contribution in [-0.2, 0) is 4.79 Å². The molecule has 0 aromatic heterocycles. The fourth-order valence-electron chi connectivity index (χ4n) is 3.60. The SMILES string of the molecule is COc1ccc([C@@H]2CCCN2CC(=O)Nc2cc(Cl)ccc2[N+](=O)[O-])c(OC)c1. The summed E-state index contributed by atoms with van der Waals surface area (Å²) in [5.41, 5.74) is 0.871. The van der Waals surface area contributed by atoms with Crippen molar-refractivity contribution in [1.82, 2.24) is 4.90 Å². The lowest BCUT2D eigenvalue weighted by atomic mass is 10.0. The Morgan fingerprint density at radius 2 is 2.07 bits per heavy atom. The van der Waals surface area contributed by atoms with E-state index in [0.29, 0.717) is 16.5 Å². The van der Waals surface area contributed by atoms with Gasteiger partial charge in [0.15, 0.2) is 0 Å². The molecule has 29 heavy (non-hydrogen) atoms. The normalized spacial score (nSPS) is 16.4. The van der Waals surface area contributed by atoms with E-state index < -0.39 is 4.92 Å². The molecule has 0 saturated carbocycles. The average molecular weight is 420 g/mol. The van der Waals surface area contributed by atoms with Gasteiger partial charge in [0, 0.05) is 28.8 Å². The van der Waals surface area contributed by atoms with Crippen molar-refractivity contribution in [2.75, 3.05) is 32.6 Å². The van der Waals surface area contributed by atoms with Crippen molar-refractivity contribution in [2.24, 2.45) is 0 Å². The zero-order valence-corrected chi connectivity index (χ0v) is 16.9. The van der Waals surface area contributed by atoms with E-state index in [9.17, 15) is 14.9 Å². The van der Waals surface area contributed by atoms with E-state index >= 15 is 0 Å². The molecule has 0 spiro atoms. The Hall–Kier alpha value is -2.84. The van der Waals surface area contributed by atoms with Gasteiger partial charge >= 0.3 is 0 Å². The van der Waals surface area contributed by atoms with Crippen LogP contribution in [0.1, 0.15) is 24.4 Å². The van der Waals surface area contributed by atoms with E-state index in [0.717, 1.165) is 24.9 Å². The van der Waals surface area contributed by atoms with E-state index in [1.165, 1.54) is 18.2 Å². The molecule has 2 aromatic rings. The molecule has 0 radical (unpaired) electrons. The fourth-order valence-corrected chi connectivity index (χ4v) is 3.78. The van der Waals surface area contributed by atoms with Crippen LogP contribution in [0, 0.1) is 10.1 Å². The average Bonchev–Trinajstić information content (AvgIpc) is 3.14. The lowest BCUT2D eigenvalue weighted by molar-refractivity contribution is -0.383. The smallest absolute Gasteiger partial charge is 0.292 e. The van der Waals surface area contributed by atoms with Crippen molar-refractivity contribution >= 4 is 28.9 Å². The zero-order chi connectivity index (χ0) is 21.0. The number of ether oxygens (including phenoxy) is 2. The predicted molar refractivity (Wildman–Crippen MR) is 110 cm³/mol. The summed E-state index contributed by atoms with van der Waals surface area (Å²) in [5, 5.41) is 14.1. The van der Waals surface area contributed by atoms with Crippen LogP contribution in [0.5, 0.6) is 11.5 Å². The highest BCUT2D eigenvalue weighted by atomic mass is 35.5. The van der Waals surface area contributed by atoms with Crippen LogP contribution in [0.3, 0.4) is 0 Å². The molecule has 3 rings (SSSR count). The number of halogens is 1. The van der Waals surface area contributed by atoms with Gasteiger partial charge in [0.25, 0.3) is 5.69 Å². The molecule has 1 aliphatic rings. The first-order valence-electron chi connectivity index (χ1n) is 9.12. The molecule has 1 amide bonds. The van der Waals surface area contributed by atoms with Gasteiger partial charge in [-0.05, 0) is 37.6 Å². The summed E-state index contributed by atoms with van der Waals surface area (Å²) in [4.78, 5) is 25.3. The third-order valence-corrected chi connectivity index (χ3v) is 5.17. The Labute approximate surface area is 173 Å². The van der Waals surface area contributed by atoms with Crippen LogP contribution >= 0.6 is 11.6 Å². The quantitative estimate of drug-likeness (QED) is 0.537. The number of nitro groups is 1. The topological polar surface area (TPSA) is 93.9 Å². The summed E-state index contributed by atoms with van der Waals surface area (Å²) >= 11 is 5.93. The van der Waals surface area contributed by atoms with Crippen LogP contribution in [0.25, 0.3) is 0 Å². The molecule has 9 heteroatoms. The first-order valence-corrected chi connectivity index (χ1v) is 9.50. The number of benzene rings is 2. The maximum absolute atomic E-state index is 12.6. The lowest BCUT2D eigenvalue weighted by Crippen LogP contribution is -2.33. The Morgan fingerprint density at radius 1 is 1.28 bits per heavy atom. The minimum absolute atomic E-state index is 0.0101. The fraction of sp³-hybridized carbons (Fsp3) is 0.350. The Bertz CT molecular complexity index is 921. The maximum atomic E-state index is 12.6. The number of hydrogen-bond donors (Lipinski definition) is 1. The van der Waals surface area contributed by atoms with E-state index in [1.807, 2.05) is 23.1 Å². The van der Waals surface area contributed by atoms with Gasteiger partial charge < -0.3 is 14.8 Å². The number of carbonyl (C=O) groups is 1. The van der Waals surface area contributed by atoms with Crippen LogP contribution in [-0.4, -0.2) is 43.0 Å². The van der Waals surface area contributed by atoms with Gasteiger partial charge in [0.05, 0.1) is 25.7 Å². The number of amides is 1. The van der Waals surface area contributed by atoms with Gasteiger partial charge in [-0.2, -0.15) is 0 Å². The first kappa shape index (κ1) is 20.9. The molecule has 0 aliphatic carbocycles. The maximum Gasteiger partial charge on any atom is 0.292 e. The summed E-state index contributed by atoms with van der Waals surface area (Å²) < 4.78 is 10.8. The second kappa shape index (κ2) is 9.11. The molecule has 8 nitrogen and oxygen atoms in total. The van der Waals surface area contributed by atoms with Gasteiger partial charge in [0.2, 0.25) is 5.91 Å². The second-order valence-corrected chi connectivity index (χ2v) is 7.14. The monoisotopic (exact) mass is 419 g/mol. The highest BCUT2D eigenvalue weighted by Gasteiger charge is 2.30. The van der Waals surface area contributed by atoms with E-state index in [1.54, 1.807) is 14.2 Å². The van der Waals surface area contributed by atoms with Gasteiger partial charge in [-0.15, -0.1) is 0 Å². The number of likely N-dealkylation sites (tertiary alicyclic amines) is 1. The number of rotatable bonds is 7. The number of anilines is 1. The second-order valence-electron chi connectivity index (χ2n) is 6.70. The van der Waals surface area contributed by atoms with E-state index in [-0.39, 0.29) is 29.9 Å². The highest BCUT2D eigenvalue weighted by molar-refractivity contribution is 6.31. The van der Waals surface area contributed by atoms with Crippen LogP contribution in [0.2, 0.25) is 5.02 Å². The van der Waals surface area contributed by atoms with Crippen molar-refractivity contribution in [3.8, 4) is 11.5 Å². The Kier molecular flexibility index (Phi) is 6.56. The summed E-state index contributed by atoms with van der Waals surface area (Å²) in [5.74, 6) is 1.06. The molecular weight excluding hydrogens is 398 g/mol. The van der Waals surface area contributed by atoms with Crippen LogP contribution < -0.4 is 14.8 Å². The zero-order valence-electron chi connectivity index (χ0n) is 16.2. The molecule has 154 valence electrons. The molecule has 1 saturated heterocycles. The summed E-state index contributed by atoms with van der Waals surface area (Å²) in [6.07, 6.45) is 1.82. The number of carbonyl (C=O) groups excluding carboxylic acids is 1. The third-order valence-electron chi connectivity index (χ3n) is 4.94. The minimum atomic E-state index is -0.549. The minimum Gasteiger partial charge on any atom is -0.497 e. The number of nitrogens with one attached hydrogen (secondary N) is 1. The van der Waals surface area contributed by atoms with E-state index in [2.05, 4.69) is 5.32 Å². The highest BCUT2D eigenvalue weighted by Crippen LogP contribution is 2.38. The summed E-state index contributed by atoms with van der Waals surface area (Å²) in [6, 6.07) is 9.72. The van der Waals surface area contributed by atoms with Gasteiger partial charge in [-0.1, -0.05) is 17.7 Å². The van der Waals surface area contributed by atoms with Gasteiger partial charge in [0.1, 0.15) is 17.2 Å². The third kappa shape index (κ3) is 4.78. The van der Waals surface area contributed by atoms with Gasteiger partial charge in [-0.3, -0.25) is 19.8 Å². The van der Waals surface area contributed by atoms with Crippen LogP contribution in [0.4, 0.5) is 11.4 Å².